The van der Waals surface area contributed by atoms with Crippen molar-refractivity contribution in [1.29, 1.82) is 0 Å². The van der Waals surface area contributed by atoms with Crippen molar-refractivity contribution in [1.82, 2.24) is 4.90 Å². The van der Waals surface area contributed by atoms with Gasteiger partial charge in [-0.2, -0.15) is 0 Å². The van der Waals surface area contributed by atoms with Gasteiger partial charge in [0, 0.05) is 25.6 Å². The zero-order chi connectivity index (χ0) is 19.6. The highest BCUT2D eigenvalue weighted by molar-refractivity contribution is 5.66. The maximum Gasteiger partial charge on any atom is 0.261 e. The normalized spacial score (nSPS) is 17.9. The molecular weight excluding hydrogens is 355 g/mol. The average molecular weight is 379 g/mol. The Morgan fingerprint density at radius 2 is 1.89 bits per heavy atom. The first-order valence-corrected chi connectivity index (χ1v) is 9.01. The lowest BCUT2D eigenvalue weighted by atomic mass is 10.0. The Labute approximate surface area is 157 Å². The fraction of sp³-hybridized carbons (Fsp3) is 0.429. The van der Waals surface area contributed by atoms with Crippen LogP contribution in [-0.2, 0) is 0 Å². The van der Waals surface area contributed by atoms with Crippen LogP contribution in [0, 0.1) is 19.7 Å². The van der Waals surface area contributed by atoms with Gasteiger partial charge in [0.15, 0.2) is 0 Å². The van der Waals surface area contributed by atoms with Crippen molar-refractivity contribution in [3.63, 3.8) is 0 Å². The molecule has 6 heteroatoms. The van der Waals surface area contributed by atoms with Crippen LogP contribution in [0.2, 0.25) is 0 Å². The van der Waals surface area contributed by atoms with Gasteiger partial charge < -0.3 is 9.84 Å². The number of hydrogen-bond donors (Lipinski definition) is 1. The number of aryl methyl sites for hydroxylation is 2. The van der Waals surface area contributed by atoms with E-state index in [-0.39, 0.29) is 32.7 Å². The fourth-order valence-electron chi connectivity index (χ4n) is 3.24. The predicted molar refractivity (Wildman–Crippen MR) is 98.8 cm³/mol. The fourth-order valence-corrected chi connectivity index (χ4v) is 3.24. The van der Waals surface area contributed by atoms with Gasteiger partial charge in [0.25, 0.3) is 5.92 Å². The third kappa shape index (κ3) is 5.23. The molecular formula is C21H24F3NO2. The number of rotatable bonds is 6. The van der Waals surface area contributed by atoms with Gasteiger partial charge in [0.05, 0.1) is 6.54 Å². The number of benzene rings is 2. The zero-order valence-electron chi connectivity index (χ0n) is 15.5. The Hall–Kier alpha value is -2.05. The molecule has 0 saturated carbocycles. The monoisotopic (exact) mass is 379 g/mol. The van der Waals surface area contributed by atoms with Crippen molar-refractivity contribution in [2.75, 3.05) is 26.2 Å². The SMILES string of the molecule is Cc1ccc(-c2cc(F)cc(OCC(O)CN3CCC(F)(F)C3)c2)cc1C. The van der Waals surface area contributed by atoms with E-state index in [9.17, 15) is 18.3 Å². The van der Waals surface area contributed by atoms with Gasteiger partial charge in [-0.1, -0.05) is 18.2 Å². The molecule has 2 aromatic carbocycles. The molecule has 1 heterocycles. The quantitative estimate of drug-likeness (QED) is 0.817. The van der Waals surface area contributed by atoms with Crippen LogP contribution in [0.25, 0.3) is 11.1 Å². The zero-order valence-corrected chi connectivity index (χ0v) is 15.5. The highest BCUT2D eigenvalue weighted by atomic mass is 19.3. The van der Waals surface area contributed by atoms with Crippen LogP contribution >= 0.6 is 0 Å². The summed E-state index contributed by atoms with van der Waals surface area (Å²) in [7, 11) is 0. The van der Waals surface area contributed by atoms with E-state index in [2.05, 4.69) is 0 Å². The van der Waals surface area contributed by atoms with Crippen molar-refractivity contribution < 1.29 is 23.0 Å². The van der Waals surface area contributed by atoms with Crippen LogP contribution in [0.1, 0.15) is 17.5 Å². The van der Waals surface area contributed by atoms with Crippen LogP contribution in [-0.4, -0.2) is 48.3 Å². The molecule has 0 amide bonds. The Kier molecular flexibility index (Phi) is 5.77. The smallest absolute Gasteiger partial charge is 0.261 e. The molecule has 1 N–H and O–H groups in total. The minimum atomic E-state index is -2.69. The molecule has 0 aromatic heterocycles. The van der Waals surface area contributed by atoms with E-state index in [0.29, 0.717) is 11.3 Å². The first-order chi connectivity index (χ1) is 12.7. The first kappa shape index (κ1) is 19.7. The summed E-state index contributed by atoms with van der Waals surface area (Å²) >= 11 is 0. The van der Waals surface area contributed by atoms with Crippen LogP contribution in [0.5, 0.6) is 5.75 Å². The number of aliphatic hydroxyl groups is 1. The van der Waals surface area contributed by atoms with Crippen molar-refractivity contribution in [2.45, 2.75) is 32.3 Å². The Balaban J connectivity index is 1.63. The molecule has 146 valence electrons. The molecule has 3 rings (SSSR count). The molecule has 1 unspecified atom stereocenters. The molecule has 0 aliphatic carbocycles. The summed E-state index contributed by atoms with van der Waals surface area (Å²) < 4.78 is 45.9. The molecule has 1 saturated heterocycles. The summed E-state index contributed by atoms with van der Waals surface area (Å²) in [6.07, 6.45) is -1.11. The number of nitrogens with zero attached hydrogens (tertiary/aromatic N) is 1. The van der Waals surface area contributed by atoms with Crippen LogP contribution in [0.4, 0.5) is 13.2 Å². The Morgan fingerprint density at radius 1 is 1.11 bits per heavy atom. The van der Waals surface area contributed by atoms with Crippen LogP contribution in [0.3, 0.4) is 0 Å². The van der Waals surface area contributed by atoms with Crippen molar-refractivity contribution in [2.24, 2.45) is 0 Å². The summed E-state index contributed by atoms with van der Waals surface area (Å²) in [5.41, 5.74) is 3.82. The lowest BCUT2D eigenvalue weighted by molar-refractivity contribution is 0.00459. The van der Waals surface area contributed by atoms with Gasteiger partial charge in [-0.25, -0.2) is 13.2 Å². The van der Waals surface area contributed by atoms with E-state index >= 15 is 0 Å². The Bertz CT molecular complexity index is 810. The molecule has 27 heavy (non-hydrogen) atoms. The van der Waals surface area contributed by atoms with Crippen LogP contribution < -0.4 is 4.74 Å². The molecule has 1 atom stereocenters. The van der Waals surface area contributed by atoms with Gasteiger partial charge in [0.1, 0.15) is 24.3 Å². The summed E-state index contributed by atoms with van der Waals surface area (Å²) in [5, 5.41) is 10.1. The number of β-amino-alcohol motifs (C(OH)–C–C–N with tert-alkyl or cyclic N) is 1. The third-order valence-electron chi connectivity index (χ3n) is 4.87. The molecule has 0 radical (unpaired) electrons. The largest absolute Gasteiger partial charge is 0.491 e. The van der Waals surface area contributed by atoms with E-state index < -0.39 is 17.8 Å². The number of alkyl halides is 2. The van der Waals surface area contributed by atoms with Gasteiger partial charge in [-0.05, 0) is 48.2 Å². The molecule has 1 aliphatic heterocycles. The number of hydrogen-bond acceptors (Lipinski definition) is 3. The standard InChI is InChI=1S/C21H24F3NO2/c1-14-3-4-16(7-15(14)2)17-8-18(22)10-20(9-17)27-12-19(26)11-25-6-5-21(23,24)13-25/h3-4,7-10,19,26H,5-6,11-13H2,1-2H3. The molecule has 0 bridgehead atoms. The predicted octanol–water partition coefficient (Wildman–Crippen LogP) is 4.19. The summed E-state index contributed by atoms with van der Waals surface area (Å²) in [5.74, 6) is -2.83. The molecule has 1 fully saturated rings. The second-order valence-corrected chi connectivity index (χ2v) is 7.28. The van der Waals surface area contributed by atoms with E-state index in [4.69, 9.17) is 4.74 Å². The van der Waals surface area contributed by atoms with E-state index in [1.165, 1.54) is 17.0 Å². The highest BCUT2D eigenvalue weighted by Crippen LogP contribution is 2.28. The topological polar surface area (TPSA) is 32.7 Å². The summed E-state index contributed by atoms with van der Waals surface area (Å²) in [6.45, 7) is 3.93. The number of likely N-dealkylation sites (tertiary alicyclic amines) is 1. The van der Waals surface area contributed by atoms with Crippen molar-refractivity contribution in [3.05, 3.63) is 53.3 Å². The Morgan fingerprint density at radius 3 is 2.56 bits per heavy atom. The maximum absolute atomic E-state index is 14.0. The van der Waals surface area contributed by atoms with E-state index in [0.717, 1.165) is 16.7 Å². The van der Waals surface area contributed by atoms with Gasteiger partial charge in [0.2, 0.25) is 0 Å². The van der Waals surface area contributed by atoms with Gasteiger partial charge in [-0.15, -0.1) is 0 Å². The van der Waals surface area contributed by atoms with Gasteiger partial charge >= 0.3 is 0 Å². The van der Waals surface area contributed by atoms with E-state index in [1.807, 2.05) is 32.0 Å². The lowest BCUT2D eigenvalue weighted by Gasteiger charge is -2.20. The molecule has 2 aromatic rings. The number of ether oxygens (including phenoxy) is 1. The molecule has 3 nitrogen and oxygen atoms in total. The minimum absolute atomic E-state index is 0.0854. The number of aliphatic hydroxyl groups excluding tert-OH is 1. The minimum Gasteiger partial charge on any atom is -0.491 e. The summed E-state index contributed by atoms with van der Waals surface area (Å²) in [4.78, 5) is 1.51. The van der Waals surface area contributed by atoms with Crippen molar-refractivity contribution >= 4 is 0 Å². The maximum atomic E-state index is 14.0. The average Bonchev–Trinajstić information content (AvgIpc) is 2.93. The van der Waals surface area contributed by atoms with Crippen LogP contribution in [0.15, 0.2) is 36.4 Å². The second-order valence-electron chi connectivity index (χ2n) is 7.28. The van der Waals surface area contributed by atoms with Gasteiger partial charge in [-0.3, -0.25) is 4.90 Å². The second kappa shape index (κ2) is 7.90. The third-order valence-corrected chi connectivity index (χ3v) is 4.87. The van der Waals surface area contributed by atoms with E-state index in [1.54, 1.807) is 6.07 Å². The lowest BCUT2D eigenvalue weighted by Crippen LogP contribution is -2.35. The molecule has 1 aliphatic rings. The highest BCUT2D eigenvalue weighted by Gasteiger charge is 2.38. The van der Waals surface area contributed by atoms with Crippen molar-refractivity contribution in [3.8, 4) is 16.9 Å². The first-order valence-electron chi connectivity index (χ1n) is 9.01. The summed E-state index contributed by atoms with van der Waals surface area (Å²) in [6, 6.07) is 10.3. The molecule has 0 spiro atoms. The number of halogens is 3.